The van der Waals surface area contributed by atoms with E-state index >= 15 is 0 Å². The lowest BCUT2D eigenvalue weighted by molar-refractivity contribution is -0.116. The lowest BCUT2D eigenvalue weighted by atomic mass is 9.97. The lowest BCUT2D eigenvalue weighted by Crippen LogP contribution is -2.14. The molecule has 0 saturated carbocycles. The van der Waals surface area contributed by atoms with E-state index < -0.39 is 0 Å². The summed E-state index contributed by atoms with van der Waals surface area (Å²) in [4.78, 5) is 12.1. The molecule has 2 aromatic carbocycles. The molecule has 1 amide bonds. The summed E-state index contributed by atoms with van der Waals surface area (Å²) in [5.74, 6) is 0.217. The second kappa shape index (κ2) is 7.04. The Kier molecular flexibility index (Phi) is 5.38. The van der Waals surface area contributed by atoms with E-state index in [1.54, 1.807) is 0 Å². The summed E-state index contributed by atoms with van der Waals surface area (Å²) in [5, 5.41) is 2.93. The van der Waals surface area contributed by atoms with Crippen LogP contribution in [-0.4, -0.2) is 5.91 Å². The summed E-state index contributed by atoms with van der Waals surface area (Å²) in [7, 11) is 0. The van der Waals surface area contributed by atoms with Crippen LogP contribution in [0.4, 0.5) is 5.69 Å². The van der Waals surface area contributed by atoms with Crippen molar-refractivity contribution in [2.24, 2.45) is 0 Å². The highest BCUT2D eigenvalue weighted by Gasteiger charge is 2.12. The molecule has 0 spiro atoms. The van der Waals surface area contributed by atoms with Crippen molar-refractivity contribution in [2.75, 3.05) is 5.32 Å². The van der Waals surface area contributed by atoms with Gasteiger partial charge in [-0.1, -0.05) is 53.2 Å². The highest BCUT2D eigenvalue weighted by Crippen LogP contribution is 2.27. The van der Waals surface area contributed by atoms with E-state index in [0.717, 1.165) is 14.6 Å². The fourth-order valence-electron chi connectivity index (χ4n) is 1.97. The van der Waals surface area contributed by atoms with Crippen LogP contribution in [0.5, 0.6) is 0 Å². The number of halogens is 2. The Morgan fingerprint density at radius 1 is 1.15 bits per heavy atom. The summed E-state index contributed by atoms with van der Waals surface area (Å²) < 4.78 is 1.84. The summed E-state index contributed by atoms with van der Waals surface area (Å²) in [6.07, 6.45) is 0.465. The molecule has 4 heteroatoms. The molecule has 1 N–H and O–H groups in total. The molecule has 0 aliphatic rings. The largest absolute Gasteiger partial charge is 0.325 e. The summed E-state index contributed by atoms with van der Waals surface area (Å²) in [5.41, 5.74) is 1.97. The number of anilines is 1. The molecule has 0 radical (unpaired) electrons. The Balaban J connectivity index is 1.99. The SMILES string of the molecule is CC(CC(=O)Nc1ccc(Br)cc1Br)c1ccccc1. The topological polar surface area (TPSA) is 29.1 Å². The Hall–Kier alpha value is -1.13. The molecule has 2 aromatic rings. The molecule has 1 atom stereocenters. The van der Waals surface area contributed by atoms with E-state index in [1.165, 1.54) is 5.56 Å². The van der Waals surface area contributed by atoms with E-state index in [-0.39, 0.29) is 11.8 Å². The van der Waals surface area contributed by atoms with Crippen molar-refractivity contribution in [3.63, 3.8) is 0 Å². The third-order valence-corrected chi connectivity index (χ3v) is 4.21. The predicted molar refractivity (Wildman–Crippen MR) is 89.9 cm³/mol. The zero-order valence-corrected chi connectivity index (χ0v) is 14.2. The summed E-state index contributed by atoms with van der Waals surface area (Å²) in [6.45, 7) is 2.06. The molecule has 1 unspecified atom stereocenters. The number of carbonyl (C=O) groups is 1. The zero-order valence-electron chi connectivity index (χ0n) is 11.1. The van der Waals surface area contributed by atoms with Crippen LogP contribution in [0, 0.1) is 0 Å². The van der Waals surface area contributed by atoms with Gasteiger partial charge in [0.2, 0.25) is 5.91 Å². The number of hydrogen-bond donors (Lipinski definition) is 1. The monoisotopic (exact) mass is 395 g/mol. The fourth-order valence-corrected chi connectivity index (χ4v) is 3.12. The van der Waals surface area contributed by atoms with Crippen molar-refractivity contribution < 1.29 is 4.79 Å². The van der Waals surface area contributed by atoms with Crippen molar-refractivity contribution in [3.8, 4) is 0 Å². The van der Waals surface area contributed by atoms with Crippen LogP contribution in [0.15, 0.2) is 57.5 Å². The van der Waals surface area contributed by atoms with Crippen LogP contribution in [-0.2, 0) is 4.79 Å². The second-order valence-corrected chi connectivity index (χ2v) is 6.46. The molecule has 0 aliphatic heterocycles. The Morgan fingerprint density at radius 3 is 2.50 bits per heavy atom. The van der Waals surface area contributed by atoms with Gasteiger partial charge in [0, 0.05) is 15.4 Å². The fraction of sp³-hybridized carbons (Fsp3) is 0.188. The van der Waals surface area contributed by atoms with Crippen LogP contribution < -0.4 is 5.32 Å². The number of benzene rings is 2. The minimum absolute atomic E-state index is 0.0179. The van der Waals surface area contributed by atoms with E-state index in [0.29, 0.717) is 6.42 Å². The number of carbonyl (C=O) groups excluding carboxylic acids is 1. The smallest absolute Gasteiger partial charge is 0.225 e. The molecular formula is C16H15Br2NO. The highest BCUT2D eigenvalue weighted by molar-refractivity contribution is 9.11. The summed E-state index contributed by atoms with van der Waals surface area (Å²) in [6, 6.07) is 15.8. The van der Waals surface area contributed by atoms with Gasteiger partial charge in [0.05, 0.1) is 5.69 Å². The number of amides is 1. The van der Waals surface area contributed by atoms with E-state index in [9.17, 15) is 4.79 Å². The molecule has 0 fully saturated rings. The van der Waals surface area contributed by atoms with Crippen molar-refractivity contribution in [2.45, 2.75) is 19.3 Å². The number of rotatable bonds is 4. The molecule has 0 heterocycles. The molecule has 0 bridgehead atoms. The molecule has 104 valence electrons. The maximum Gasteiger partial charge on any atom is 0.225 e. The first-order valence-electron chi connectivity index (χ1n) is 6.36. The average Bonchev–Trinajstić information content (AvgIpc) is 2.43. The van der Waals surface area contributed by atoms with Crippen molar-refractivity contribution in [1.29, 1.82) is 0 Å². The van der Waals surface area contributed by atoms with Gasteiger partial charge in [-0.25, -0.2) is 0 Å². The first-order chi connectivity index (χ1) is 9.56. The molecule has 2 nitrogen and oxygen atoms in total. The van der Waals surface area contributed by atoms with E-state index in [4.69, 9.17) is 0 Å². The molecular weight excluding hydrogens is 382 g/mol. The van der Waals surface area contributed by atoms with Crippen LogP contribution in [0.25, 0.3) is 0 Å². The Labute approximate surface area is 135 Å². The van der Waals surface area contributed by atoms with Crippen LogP contribution >= 0.6 is 31.9 Å². The molecule has 20 heavy (non-hydrogen) atoms. The van der Waals surface area contributed by atoms with E-state index in [2.05, 4.69) is 44.1 Å². The molecule has 0 saturated heterocycles. The van der Waals surface area contributed by atoms with Crippen LogP contribution in [0.2, 0.25) is 0 Å². The van der Waals surface area contributed by atoms with E-state index in [1.807, 2.05) is 48.5 Å². The first kappa shape index (κ1) is 15.3. The van der Waals surface area contributed by atoms with Gasteiger partial charge in [-0.2, -0.15) is 0 Å². The van der Waals surface area contributed by atoms with Gasteiger partial charge in [0.15, 0.2) is 0 Å². The maximum absolute atomic E-state index is 12.1. The number of nitrogens with one attached hydrogen (secondary N) is 1. The molecule has 0 aromatic heterocycles. The Bertz CT molecular complexity index is 599. The first-order valence-corrected chi connectivity index (χ1v) is 7.94. The number of hydrogen-bond acceptors (Lipinski definition) is 1. The van der Waals surface area contributed by atoms with Gasteiger partial charge in [0.25, 0.3) is 0 Å². The van der Waals surface area contributed by atoms with Gasteiger partial charge in [-0.15, -0.1) is 0 Å². The molecule has 0 aliphatic carbocycles. The quantitative estimate of drug-likeness (QED) is 0.741. The van der Waals surface area contributed by atoms with Gasteiger partial charge >= 0.3 is 0 Å². The maximum atomic E-state index is 12.1. The molecule has 2 rings (SSSR count). The predicted octanol–water partition coefficient (Wildman–Crippen LogP) is 5.34. The van der Waals surface area contributed by atoms with Gasteiger partial charge in [-0.3, -0.25) is 4.79 Å². The normalized spacial score (nSPS) is 11.9. The minimum Gasteiger partial charge on any atom is -0.325 e. The standard InChI is InChI=1S/C16H15Br2NO/c1-11(12-5-3-2-4-6-12)9-16(20)19-15-8-7-13(17)10-14(15)18/h2-8,10-11H,9H2,1H3,(H,19,20). The van der Waals surface area contributed by atoms with Crippen molar-refractivity contribution in [1.82, 2.24) is 0 Å². The van der Waals surface area contributed by atoms with Crippen molar-refractivity contribution in [3.05, 3.63) is 63.0 Å². The van der Waals surface area contributed by atoms with Crippen molar-refractivity contribution >= 4 is 43.5 Å². The second-order valence-electron chi connectivity index (χ2n) is 4.69. The van der Waals surface area contributed by atoms with Gasteiger partial charge < -0.3 is 5.32 Å². The zero-order chi connectivity index (χ0) is 14.5. The third kappa shape index (κ3) is 4.18. The van der Waals surface area contributed by atoms with Gasteiger partial charge in [0.1, 0.15) is 0 Å². The van der Waals surface area contributed by atoms with Gasteiger partial charge in [-0.05, 0) is 45.6 Å². The Morgan fingerprint density at radius 2 is 1.85 bits per heavy atom. The lowest BCUT2D eigenvalue weighted by Gasteiger charge is -2.13. The third-order valence-electron chi connectivity index (χ3n) is 3.07. The highest BCUT2D eigenvalue weighted by atomic mass is 79.9. The van der Waals surface area contributed by atoms with Crippen LogP contribution in [0.1, 0.15) is 24.8 Å². The average molecular weight is 397 g/mol. The summed E-state index contributed by atoms with van der Waals surface area (Å²) >= 11 is 6.83. The van der Waals surface area contributed by atoms with Crippen LogP contribution in [0.3, 0.4) is 0 Å². The minimum atomic E-state index is 0.0179.